The van der Waals surface area contributed by atoms with Gasteiger partial charge < -0.3 is 14.4 Å². The summed E-state index contributed by atoms with van der Waals surface area (Å²) < 4.78 is 25.9. The number of carbonyl (C=O) groups excluding carboxylic acids is 1. The maximum absolute atomic E-state index is 14.1. The van der Waals surface area contributed by atoms with Gasteiger partial charge in [-0.25, -0.2) is 4.39 Å². The molecule has 2 aliphatic heterocycles. The van der Waals surface area contributed by atoms with Crippen molar-refractivity contribution in [1.29, 1.82) is 0 Å². The first-order valence-corrected chi connectivity index (χ1v) is 11.5. The Kier molecular flexibility index (Phi) is 5.81. The van der Waals surface area contributed by atoms with Gasteiger partial charge in [-0.2, -0.15) is 0 Å². The van der Waals surface area contributed by atoms with Gasteiger partial charge in [0.05, 0.1) is 24.7 Å². The third kappa shape index (κ3) is 4.13. The van der Waals surface area contributed by atoms with E-state index in [1.165, 1.54) is 11.1 Å². The summed E-state index contributed by atoms with van der Waals surface area (Å²) in [4.78, 5) is 14.4. The number of halogens is 1. The average molecular weight is 424 g/mol. The second-order valence-electron chi connectivity index (χ2n) is 9.07. The molecule has 2 heterocycles. The number of ether oxygens (including phenoxy) is 2. The lowest BCUT2D eigenvalue weighted by molar-refractivity contribution is -0.149. The second-order valence-corrected chi connectivity index (χ2v) is 9.07. The highest BCUT2D eigenvalue weighted by Crippen LogP contribution is 2.49. The molecule has 0 saturated carbocycles. The molecule has 0 aromatic heterocycles. The molecule has 0 spiro atoms. The van der Waals surface area contributed by atoms with Gasteiger partial charge in [0, 0.05) is 12.5 Å². The summed E-state index contributed by atoms with van der Waals surface area (Å²) in [7, 11) is 0. The smallest absolute Gasteiger partial charge is 0.309 e. The molecule has 3 atom stereocenters. The van der Waals surface area contributed by atoms with Crippen molar-refractivity contribution in [2.45, 2.75) is 50.7 Å². The molecule has 2 fully saturated rings. The molecule has 0 bridgehead atoms. The summed E-state index contributed by atoms with van der Waals surface area (Å²) >= 11 is 0. The minimum atomic E-state index is -0.198. The van der Waals surface area contributed by atoms with Gasteiger partial charge >= 0.3 is 5.97 Å². The van der Waals surface area contributed by atoms with E-state index in [9.17, 15) is 9.18 Å². The van der Waals surface area contributed by atoms with Crippen molar-refractivity contribution in [3.8, 4) is 0 Å². The van der Waals surface area contributed by atoms with Gasteiger partial charge in [-0.3, -0.25) is 4.79 Å². The molecule has 1 aliphatic carbocycles. The number of hydrogen-bond acceptors (Lipinski definition) is 4. The van der Waals surface area contributed by atoms with Crippen molar-refractivity contribution in [2.24, 2.45) is 5.92 Å². The summed E-state index contributed by atoms with van der Waals surface area (Å²) in [5.74, 6) is 0.0168. The third-order valence-corrected chi connectivity index (χ3v) is 7.14. The van der Waals surface area contributed by atoms with Gasteiger partial charge in [-0.05, 0) is 80.1 Å². The minimum absolute atomic E-state index is 0.0218. The van der Waals surface area contributed by atoms with Crippen LogP contribution in [0.5, 0.6) is 0 Å². The summed E-state index contributed by atoms with van der Waals surface area (Å²) in [6, 6.07) is 13.7. The lowest BCUT2D eigenvalue weighted by atomic mass is 9.87. The highest BCUT2D eigenvalue weighted by atomic mass is 19.1. The Morgan fingerprint density at radius 3 is 2.71 bits per heavy atom. The Labute approximate surface area is 183 Å². The van der Waals surface area contributed by atoms with Crippen LogP contribution in [0.2, 0.25) is 0 Å². The van der Waals surface area contributed by atoms with Crippen LogP contribution in [0, 0.1) is 11.7 Å². The first kappa shape index (κ1) is 20.7. The monoisotopic (exact) mass is 423 g/mol. The Bertz CT molecular complexity index is 953. The number of hydrogen-bond donors (Lipinski definition) is 0. The van der Waals surface area contributed by atoms with E-state index < -0.39 is 0 Å². The number of piperidine rings is 1. The van der Waals surface area contributed by atoms with Crippen molar-refractivity contribution in [3.63, 3.8) is 0 Å². The Morgan fingerprint density at radius 1 is 1.13 bits per heavy atom. The quantitative estimate of drug-likeness (QED) is 0.673. The highest BCUT2D eigenvalue weighted by molar-refractivity contribution is 5.72. The maximum atomic E-state index is 14.1. The van der Waals surface area contributed by atoms with Crippen molar-refractivity contribution in [3.05, 3.63) is 70.5 Å². The van der Waals surface area contributed by atoms with E-state index in [2.05, 4.69) is 29.2 Å². The molecular weight excluding hydrogens is 393 g/mol. The molecule has 2 aromatic carbocycles. The van der Waals surface area contributed by atoms with Crippen LogP contribution in [-0.4, -0.2) is 43.2 Å². The molecule has 2 saturated heterocycles. The number of rotatable bonds is 4. The summed E-state index contributed by atoms with van der Waals surface area (Å²) in [6.07, 6.45) is 3.46. The van der Waals surface area contributed by atoms with Gasteiger partial charge in [0.25, 0.3) is 0 Å². The average Bonchev–Trinajstić information content (AvgIpc) is 3.14. The molecule has 3 aliphatic rings. The van der Waals surface area contributed by atoms with E-state index in [0.29, 0.717) is 6.61 Å². The van der Waals surface area contributed by atoms with Gasteiger partial charge in [0.1, 0.15) is 5.82 Å². The molecule has 164 valence electrons. The topological polar surface area (TPSA) is 38.8 Å². The van der Waals surface area contributed by atoms with E-state index >= 15 is 0 Å². The number of benzene rings is 2. The lowest BCUT2D eigenvalue weighted by Gasteiger charge is -2.32. The molecular formula is C26H30FNO3. The number of likely N-dealkylation sites (tertiary alicyclic amines) is 1. The van der Waals surface area contributed by atoms with Crippen LogP contribution in [0.3, 0.4) is 0 Å². The van der Waals surface area contributed by atoms with E-state index in [1.54, 1.807) is 12.1 Å². The zero-order valence-corrected chi connectivity index (χ0v) is 18.1. The summed E-state index contributed by atoms with van der Waals surface area (Å²) in [6.45, 7) is 4.94. The maximum Gasteiger partial charge on any atom is 0.309 e. The molecule has 4 nitrogen and oxygen atoms in total. The molecule has 5 rings (SSSR count). The normalized spacial score (nSPS) is 25.9. The van der Waals surface area contributed by atoms with Crippen LogP contribution in [0.4, 0.5) is 4.39 Å². The molecule has 2 aromatic rings. The minimum Gasteiger partial charge on any atom is -0.466 e. The molecule has 31 heavy (non-hydrogen) atoms. The number of fused-ring (bicyclic) bond motifs is 5. The second kappa shape index (κ2) is 8.71. The Morgan fingerprint density at radius 2 is 1.90 bits per heavy atom. The van der Waals surface area contributed by atoms with Crippen LogP contribution in [0.1, 0.15) is 60.5 Å². The molecule has 0 radical (unpaired) electrons. The molecule has 0 amide bonds. The van der Waals surface area contributed by atoms with Gasteiger partial charge in [-0.15, -0.1) is 0 Å². The molecule has 5 heteroatoms. The van der Waals surface area contributed by atoms with E-state index in [1.807, 2.05) is 13.0 Å². The van der Waals surface area contributed by atoms with E-state index in [-0.39, 0.29) is 35.8 Å². The summed E-state index contributed by atoms with van der Waals surface area (Å²) in [5, 5.41) is 0. The van der Waals surface area contributed by atoms with Crippen LogP contribution in [0.15, 0.2) is 42.5 Å². The molecule has 0 unspecified atom stereocenters. The van der Waals surface area contributed by atoms with Gasteiger partial charge in [0.15, 0.2) is 0 Å². The fourth-order valence-corrected chi connectivity index (χ4v) is 5.62. The first-order chi connectivity index (χ1) is 15.1. The lowest BCUT2D eigenvalue weighted by Crippen LogP contribution is -2.40. The van der Waals surface area contributed by atoms with E-state index in [4.69, 9.17) is 9.47 Å². The molecule has 0 N–H and O–H groups in total. The van der Waals surface area contributed by atoms with Gasteiger partial charge in [0.2, 0.25) is 0 Å². The zero-order valence-electron chi connectivity index (χ0n) is 18.1. The van der Waals surface area contributed by atoms with Crippen LogP contribution in [-0.2, 0) is 20.7 Å². The van der Waals surface area contributed by atoms with Crippen molar-refractivity contribution < 1.29 is 18.7 Å². The van der Waals surface area contributed by atoms with Crippen molar-refractivity contribution in [1.82, 2.24) is 4.90 Å². The predicted molar refractivity (Wildman–Crippen MR) is 116 cm³/mol. The predicted octanol–water partition coefficient (Wildman–Crippen LogP) is 4.62. The largest absolute Gasteiger partial charge is 0.466 e. The Hall–Kier alpha value is -2.24. The number of nitrogens with zero attached hydrogens (tertiary/aromatic N) is 1. The first-order valence-electron chi connectivity index (χ1n) is 11.5. The fraction of sp³-hybridized carbons (Fsp3) is 0.500. The zero-order chi connectivity index (χ0) is 21.4. The fourth-order valence-electron chi connectivity index (χ4n) is 5.62. The standard InChI is InChI=1S/C26H30FNO3/c1-2-30-26(29)17-9-11-28(12-10-17)16-21-15-24-22-6-4-3-5-18(22)13-19-7-8-20(27)14-23(19)25(24)31-21/h3-8,14,17,21,24-25H,2,9-13,15-16H2,1H3/t21-,24-,25+/m1/s1. The highest BCUT2D eigenvalue weighted by Gasteiger charge is 2.41. The van der Waals surface area contributed by atoms with Gasteiger partial charge in [-0.1, -0.05) is 30.3 Å². The van der Waals surface area contributed by atoms with Crippen LogP contribution < -0.4 is 0 Å². The number of esters is 1. The van der Waals surface area contributed by atoms with Crippen LogP contribution in [0.25, 0.3) is 0 Å². The van der Waals surface area contributed by atoms with Crippen LogP contribution >= 0.6 is 0 Å². The number of carbonyl (C=O) groups is 1. The summed E-state index contributed by atoms with van der Waals surface area (Å²) in [5.41, 5.74) is 4.83. The third-order valence-electron chi connectivity index (χ3n) is 7.14. The van der Waals surface area contributed by atoms with Crippen molar-refractivity contribution >= 4 is 5.97 Å². The Balaban J connectivity index is 1.32. The van der Waals surface area contributed by atoms with E-state index in [0.717, 1.165) is 56.4 Å². The SMILES string of the molecule is CCOC(=O)C1CCN(C[C@H]2C[C@@H]3c4ccccc4Cc4ccc(F)cc4[C@@H]3O2)CC1. The van der Waals surface area contributed by atoms with Crippen molar-refractivity contribution in [2.75, 3.05) is 26.2 Å².